The molecule has 1 aliphatic heterocycles. The molecule has 2 aromatic rings. The minimum absolute atomic E-state index is 0.177. The summed E-state index contributed by atoms with van der Waals surface area (Å²) in [6.07, 6.45) is 2.28. The highest BCUT2D eigenvalue weighted by atomic mass is 35.5. The van der Waals surface area contributed by atoms with E-state index >= 15 is 0 Å². The van der Waals surface area contributed by atoms with Gasteiger partial charge in [-0.05, 0) is 67.9 Å². The normalized spacial score (nSPS) is 15.6. The molecule has 1 heterocycles. The molecule has 2 aromatic carbocycles. The highest BCUT2D eigenvalue weighted by Crippen LogP contribution is 2.39. The van der Waals surface area contributed by atoms with E-state index in [1.165, 1.54) is 4.90 Å². The topological polar surface area (TPSA) is 84.9 Å². The molecule has 3 amide bonds. The molecule has 0 bridgehead atoms. The zero-order chi connectivity index (χ0) is 24.0. The van der Waals surface area contributed by atoms with E-state index in [2.05, 4.69) is 5.32 Å². The first kappa shape index (κ1) is 24.7. The van der Waals surface area contributed by atoms with Crippen molar-refractivity contribution in [1.82, 2.24) is 4.90 Å². The molecule has 1 atom stereocenters. The Hall–Kier alpha value is -2.97. The molecule has 9 heteroatoms. The zero-order valence-corrected chi connectivity index (χ0v) is 20.2. The van der Waals surface area contributed by atoms with Crippen molar-refractivity contribution in [2.75, 3.05) is 18.5 Å². The molecule has 33 heavy (non-hydrogen) atoms. The number of nitrogens with one attached hydrogen (secondary N) is 1. The van der Waals surface area contributed by atoms with E-state index in [0.29, 0.717) is 34.9 Å². The Morgan fingerprint density at radius 1 is 1.18 bits per heavy atom. The van der Waals surface area contributed by atoms with Crippen LogP contribution in [0.3, 0.4) is 0 Å². The molecular weight excluding hydrogens is 464 g/mol. The second-order valence-corrected chi connectivity index (χ2v) is 8.68. The SMILES string of the molecule is CCOc1cc(/C=C2/SC(=O)N([C@@H](C)CC)C2=O)cc(Cl)c1OCC(=O)Nc1ccccc1. The Morgan fingerprint density at radius 2 is 1.91 bits per heavy atom. The van der Waals surface area contributed by atoms with Crippen LogP contribution in [0.1, 0.15) is 32.8 Å². The fourth-order valence-electron chi connectivity index (χ4n) is 3.12. The van der Waals surface area contributed by atoms with E-state index in [-0.39, 0.29) is 40.5 Å². The van der Waals surface area contributed by atoms with Gasteiger partial charge in [0.2, 0.25) is 0 Å². The fourth-order valence-corrected chi connectivity index (χ4v) is 4.33. The van der Waals surface area contributed by atoms with E-state index in [1.807, 2.05) is 39.0 Å². The zero-order valence-electron chi connectivity index (χ0n) is 18.6. The molecule has 0 aliphatic carbocycles. The molecule has 7 nitrogen and oxygen atoms in total. The minimum Gasteiger partial charge on any atom is -0.490 e. The third-order valence-electron chi connectivity index (χ3n) is 4.89. The lowest BCUT2D eigenvalue weighted by Crippen LogP contribution is -2.36. The second kappa shape index (κ2) is 11.2. The number of carbonyl (C=O) groups excluding carboxylic acids is 3. The van der Waals surface area contributed by atoms with Gasteiger partial charge in [0.25, 0.3) is 17.1 Å². The van der Waals surface area contributed by atoms with Crippen molar-refractivity contribution < 1.29 is 23.9 Å². The number of imide groups is 1. The monoisotopic (exact) mass is 488 g/mol. The summed E-state index contributed by atoms with van der Waals surface area (Å²) in [4.78, 5) is 38.8. The summed E-state index contributed by atoms with van der Waals surface area (Å²) in [5.74, 6) is -0.106. The lowest BCUT2D eigenvalue weighted by molar-refractivity contribution is -0.124. The van der Waals surface area contributed by atoms with Crippen molar-refractivity contribution >= 4 is 52.2 Å². The van der Waals surface area contributed by atoms with Crippen molar-refractivity contribution in [3.63, 3.8) is 0 Å². The van der Waals surface area contributed by atoms with Gasteiger partial charge in [-0.25, -0.2) is 0 Å². The Balaban J connectivity index is 1.78. The average molecular weight is 489 g/mol. The molecule has 174 valence electrons. The van der Waals surface area contributed by atoms with Gasteiger partial charge < -0.3 is 14.8 Å². The molecule has 1 aliphatic rings. The summed E-state index contributed by atoms with van der Waals surface area (Å²) in [7, 11) is 0. The van der Waals surface area contributed by atoms with Crippen LogP contribution in [0.4, 0.5) is 10.5 Å². The number of benzene rings is 2. The van der Waals surface area contributed by atoms with E-state index < -0.39 is 0 Å². The second-order valence-electron chi connectivity index (χ2n) is 7.27. The number of rotatable bonds is 9. The molecule has 0 spiro atoms. The standard InChI is InChI=1S/C24H25ClN2O5S/c1-4-15(3)27-23(29)20(33-24(27)30)13-16-11-18(25)22(19(12-16)31-5-2)32-14-21(28)26-17-9-7-6-8-10-17/h6-13,15H,4-5,14H2,1-3H3,(H,26,28)/b20-13+/t15-/m0/s1. The van der Waals surface area contributed by atoms with Crippen molar-refractivity contribution in [3.8, 4) is 11.5 Å². The van der Waals surface area contributed by atoms with Crippen molar-refractivity contribution in [2.45, 2.75) is 33.2 Å². The predicted octanol–water partition coefficient (Wildman–Crippen LogP) is 5.59. The van der Waals surface area contributed by atoms with Gasteiger partial charge in [0.1, 0.15) is 0 Å². The van der Waals surface area contributed by atoms with Gasteiger partial charge in [-0.2, -0.15) is 0 Å². The Kier molecular flexibility index (Phi) is 8.41. The Morgan fingerprint density at radius 3 is 2.58 bits per heavy atom. The first-order chi connectivity index (χ1) is 15.8. The summed E-state index contributed by atoms with van der Waals surface area (Å²) >= 11 is 7.33. The number of anilines is 1. The molecule has 0 unspecified atom stereocenters. The van der Waals surface area contributed by atoms with Crippen molar-refractivity contribution in [1.29, 1.82) is 0 Å². The van der Waals surface area contributed by atoms with Gasteiger partial charge in [0, 0.05) is 11.7 Å². The number of nitrogens with zero attached hydrogens (tertiary/aromatic N) is 1. The van der Waals surface area contributed by atoms with E-state index in [4.69, 9.17) is 21.1 Å². The maximum absolute atomic E-state index is 12.7. The van der Waals surface area contributed by atoms with Crippen LogP contribution < -0.4 is 14.8 Å². The lowest BCUT2D eigenvalue weighted by atomic mass is 10.1. The minimum atomic E-state index is -0.345. The number of ether oxygens (including phenoxy) is 2. The average Bonchev–Trinajstić information content (AvgIpc) is 3.06. The first-order valence-electron chi connectivity index (χ1n) is 10.5. The van der Waals surface area contributed by atoms with Crippen LogP contribution in [0.5, 0.6) is 11.5 Å². The number of para-hydroxylation sites is 1. The van der Waals surface area contributed by atoms with Crippen LogP contribution >= 0.6 is 23.4 Å². The van der Waals surface area contributed by atoms with Gasteiger partial charge in [-0.15, -0.1) is 0 Å². The molecule has 0 saturated carbocycles. The van der Waals surface area contributed by atoms with Crippen LogP contribution in [0, 0.1) is 0 Å². The number of halogens is 1. The number of hydrogen-bond acceptors (Lipinski definition) is 6. The van der Waals surface area contributed by atoms with Gasteiger partial charge >= 0.3 is 0 Å². The van der Waals surface area contributed by atoms with E-state index in [1.54, 1.807) is 30.3 Å². The van der Waals surface area contributed by atoms with Crippen LogP contribution in [0.15, 0.2) is 47.4 Å². The fraction of sp³-hybridized carbons (Fsp3) is 0.292. The molecule has 3 rings (SSSR count). The number of carbonyl (C=O) groups is 3. The van der Waals surface area contributed by atoms with Crippen LogP contribution in [0.25, 0.3) is 6.08 Å². The van der Waals surface area contributed by atoms with E-state index in [9.17, 15) is 14.4 Å². The van der Waals surface area contributed by atoms with Gasteiger partial charge in [0.05, 0.1) is 16.5 Å². The maximum Gasteiger partial charge on any atom is 0.293 e. The highest BCUT2D eigenvalue weighted by Gasteiger charge is 2.37. The maximum atomic E-state index is 12.7. The smallest absolute Gasteiger partial charge is 0.293 e. The van der Waals surface area contributed by atoms with Gasteiger partial charge in [0.15, 0.2) is 18.1 Å². The molecule has 0 radical (unpaired) electrons. The summed E-state index contributed by atoms with van der Waals surface area (Å²) in [6, 6.07) is 12.1. The summed E-state index contributed by atoms with van der Waals surface area (Å²) in [5, 5.41) is 2.67. The summed E-state index contributed by atoms with van der Waals surface area (Å²) < 4.78 is 11.3. The quantitative estimate of drug-likeness (QED) is 0.463. The first-order valence-corrected chi connectivity index (χ1v) is 11.7. The molecular formula is C24H25ClN2O5S. The lowest BCUT2D eigenvalue weighted by Gasteiger charge is -2.19. The number of hydrogen-bond donors (Lipinski definition) is 1. The van der Waals surface area contributed by atoms with Crippen molar-refractivity contribution in [3.05, 3.63) is 58.0 Å². The van der Waals surface area contributed by atoms with Crippen LogP contribution in [0.2, 0.25) is 5.02 Å². The highest BCUT2D eigenvalue weighted by molar-refractivity contribution is 8.18. The number of amides is 3. The molecule has 1 saturated heterocycles. The molecule has 1 N–H and O–H groups in total. The van der Waals surface area contributed by atoms with Gasteiger partial charge in [-0.1, -0.05) is 36.7 Å². The predicted molar refractivity (Wildman–Crippen MR) is 131 cm³/mol. The molecule has 1 fully saturated rings. The van der Waals surface area contributed by atoms with E-state index in [0.717, 1.165) is 11.8 Å². The van der Waals surface area contributed by atoms with Crippen molar-refractivity contribution in [2.24, 2.45) is 0 Å². The number of thioether (sulfide) groups is 1. The summed E-state index contributed by atoms with van der Waals surface area (Å²) in [6.45, 7) is 5.65. The third-order valence-corrected chi connectivity index (χ3v) is 6.05. The Bertz CT molecular complexity index is 1070. The Labute approximate surface area is 202 Å². The largest absolute Gasteiger partial charge is 0.490 e. The molecule has 0 aromatic heterocycles. The van der Waals surface area contributed by atoms with Crippen LogP contribution in [-0.2, 0) is 9.59 Å². The summed E-state index contributed by atoms with van der Waals surface area (Å²) in [5.41, 5.74) is 1.24. The van der Waals surface area contributed by atoms with Gasteiger partial charge in [-0.3, -0.25) is 19.3 Å². The van der Waals surface area contributed by atoms with Crippen LogP contribution in [-0.4, -0.2) is 41.2 Å². The third kappa shape index (κ3) is 6.09.